The molecule has 1 aromatic heterocycles. The molecule has 0 aromatic carbocycles. The summed E-state index contributed by atoms with van der Waals surface area (Å²) in [5, 5.41) is 3.46. The van der Waals surface area contributed by atoms with E-state index in [2.05, 4.69) is 48.1 Å². The Balaban J connectivity index is 2.08. The van der Waals surface area contributed by atoms with Crippen LogP contribution in [-0.2, 0) is 6.54 Å². The van der Waals surface area contributed by atoms with Gasteiger partial charge < -0.3 is 10.2 Å². The number of hydrogen-bond donors (Lipinski definition) is 1. The van der Waals surface area contributed by atoms with E-state index in [1.54, 1.807) is 0 Å². The van der Waals surface area contributed by atoms with E-state index in [0.717, 1.165) is 18.9 Å². The summed E-state index contributed by atoms with van der Waals surface area (Å²) in [4.78, 5) is 7.11. The van der Waals surface area contributed by atoms with Gasteiger partial charge in [0.05, 0.1) is 0 Å². The fourth-order valence-electron chi connectivity index (χ4n) is 3.01. The standard InChI is InChI=1S/C16H27N3/c1-4-9-17-12-14-8-10-18-16(11-14)19-13(3)6-7-15(19)5-2/h8,10-11,13,15,17H,4-7,9,12H2,1-3H3. The van der Waals surface area contributed by atoms with Crippen LogP contribution in [0.1, 0.15) is 52.0 Å². The molecule has 1 aliphatic heterocycles. The predicted molar refractivity (Wildman–Crippen MR) is 81.5 cm³/mol. The van der Waals surface area contributed by atoms with E-state index in [1.807, 2.05) is 6.20 Å². The van der Waals surface area contributed by atoms with Crippen LogP contribution in [0.25, 0.3) is 0 Å². The minimum atomic E-state index is 0.622. The zero-order chi connectivity index (χ0) is 13.7. The summed E-state index contributed by atoms with van der Waals surface area (Å²) in [6, 6.07) is 5.67. The molecule has 106 valence electrons. The van der Waals surface area contributed by atoms with Crippen molar-refractivity contribution in [2.45, 2.75) is 65.1 Å². The lowest BCUT2D eigenvalue weighted by molar-refractivity contribution is 0.619. The minimum absolute atomic E-state index is 0.622. The van der Waals surface area contributed by atoms with Crippen LogP contribution in [0.4, 0.5) is 5.82 Å². The number of aromatic nitrogens is 1. The molecule has 3 nitrogen and oxygen atoms in total. The predicted octanol–water partition coefficient (Wildman–Crippen LogP) is 3.35. The number of nitrogens with zero attached hydrogens (tertiary/aromatic N) is 2. The maximum atomic E-state index is 4.60. The summed E-state index contributed by atoms with van der Waals surface area (Å²) in [6.45, 7) is 8.82. The molecule has 0 aliphatic carbocycles. The van der Waals surface area contributed by atoms with Crippen LogP contribution in [0.2, 0.25) is 0 Å². The molecule has 1 fully saturated rings. The molecule has 3 heteroatoms. The first-order chi connectivity index (χ1) is 9.26. The van der Waals surface area contributed by atoms with Gasteiger partial charge in [-0.25, -0.2) is 4.98 Å². The zero-order valence-corrected chi connectivity index (χ0v) is 12.5. The smallest absolute Gasteiger partial charge is 0.129 e. The Morgan fingerprint density at radius 3 is 2.95 bits per heavy atom. The van der Waals surface area contributed by atoms with Crippen molar-refractivity contribution in [1.29, 1.82) is 0 Å². The summed E-state index contributed by atoms with van der Waals surface area (Å²) in [6.07, 6.45) is 6.94. The lowest BCUT2D eigenvalue weighted by atomic mass is 10.1. The van der Waals surface area contributed by atoms with Crippen molar-refractivity contribution in [2.75, 3.05) is 11.4 Å². The Kier molecular flexibility index (Phi) is 5.20. The number of rotatable bonds is 6. The third-order valence-electron chi connectivity index (χ3n) is 4.09. The average Bonchev–Trinajstić information content (AvgIpc) is 2.80. The van der Waals surface area contributed by atoms with Crippen LogP contribution >= 0.6 is 0 Å². The molecule has 0 amide bonds. The van der Waals surface area contributed by atoms with Crippen molar-refractivity contribution in [1.82, 2.24) is 10.3 Å². The fraction of sp³-hybridized carbons (Fsp3) is 0.688. The molecule has 0 spiro atoms. The molecule has 1 aliphatic rings. The molecule has 1 aromatic rings. The Labute approximate surface area is 117 Å². The van der Waals surface area contributed by atoms with E-state index in [9.17, 15) is 0 Å². The van der Waals surface area contributed by atoms with Gasteiger partial charge in [0.25, 0.3) is 0 Å². The number of anilines is 1. The van der Waals surface area contributed by atoms with Gasteiger partial charge in [-0.1, -0.05) is 13.8 Å². The van der Waals surface area contributed by atoms with E-state index < -0.39 is 0 Å². The SMILES string of the molecule is CCCNCc1ccnc(N2C(C)CCC2CC)c1. The highest BCUT2D eigenvalue weighted by Crippen LogP contribution is 2.30. The van der Waals surface area contributed by atoms with Gasteiger partial charge in [0.2, 0.25) is 0 Å². The molecule has 2 rings (SSSR count). The van der Waals surface area contributed by atoms with Crippen LogP contribution in [-0.4, -0.2) is 23.6 Å². The molecule has 0 saturated carbocycles. The number of hydrogen-bond acceptors (Lipinski definition) is 3. The highest BCUT2D eigenvalue weighted by Gasteiger charge is 2.30. The first kappa shape index (κ1) is 14.3. The van der Waals surface area contributed by atoms with E-state index in [-0.39, 0.29) is 0 Å². The Morgan fingerprint density at radius 1 is 1.37 bits per heavy atom. The van der Waals surface area contributed by atoms with Crippen LogP contribution in [0.3, 0.4) is 0 Å². The fourth-order valence-corrected chi connectivity index (χ4v) is 3.01. The molecule has 2 heterocycles. The quantitative estimate of drug-likeness (QED) is 0.796. The van der Waals surface area contributed by atoms with Crippen molar-refractivity contribution in [3.8, 4) is 0 Å². The average molecular weight is 261 g/mol. The highest BCUT2D eigenvalue weighted by molar-refractivity contribution is 5.44. The third-order valence-corrected chi connectivity index (χ3v) is 4.09. The molecule has 1 N–H and O–H groups in total. The van der Waals surface area contributed by atoms with Gasteiger partial charge in [-0.15, -0.1) is 0 Å². The number of pyridine rings is 1. The normalized spacial score (nSPS) is 23.0. The summed E-state index contributed by atoms with van der Waals surface area (Å²) in [5.41, 5.74) is 1.34. The van der Waals surface area contributed by atoms with Crippen molar-refractivity contribution >= 4 is 5.82 Å². The van der Waals surface area contributed by atoms with Gasteiger partial charge in [-0.05, 0) is 56.8 Å². The summed E-state index contributed by atoms with van der Waals surface area (Å²) >= 11 is 0. The Hall–Kier alpha value is -1.09. The van der Waals surface area contributed by atoms with E-state index in [1.165, 1.54) is 31.2 Å². The first-order valence-electron chi connectivity index (χ1n) is 7.70. The molecule has 0 radical (unpaired) electrons. The second-order valence-electron chi connectivity index (χ2n) is 5.59. The van der Waals surface area contributed by atoms with Crippen LogP contribution in [0.5, 0.6) is 0 Å². The second kappa shape index (κ2) is 6.90. The van der Waals surface area contributed by atoms with Crippen molar-refractivity contribution in [3.05, 3.63) is 23.9 Å². The molecule has 19 heavy (non-hydrogen) atoms. The second-order valence-corrected chi connectivity index (χ2v) is 5.59. The van der Waals surface area contributed by atoms with Crippen LogP contribution in [0.15, 0.2) is 18.3 Å². The highest BCUT2D eigenvalue weighted by atomic mass is 15.3. The monoisotopic (exact) mass is 261 g/mol. The topological polar surface area (TPSA) is 28.2 Å². The lowest BCUT2D eigenvalue weighted by Gasteiger charge is -2.29. The molecule has 0 bridgehead atoms. The zero-order valence-electron chi connectivity index (χ0n) is 12.5. The maximum absolute atomic E-state index is 4.60. The van der Waals surface area contributed by atoms with Gasteiger partial charge >= 0.3 is 0 Å². The van der Waals surface area contributed by atoms with E-state index >= 15 is 0 Å². The van der Waals surface area contributed by atoms with Crippen molar-refractivity contribution in [3.63, 3.8) is 0 Å². The van der Waals surface area contributed by atoms with Crippen molar-refractivity contribution in [2.24, 2.45) is 0 Å². The molecular weight excluding hydrogens is 234 g/mol. The minimum Gasteiger partial charge on any atom is -0.351 e. The molecule has 2 unspecified atom stereocenters. The lowest BCUT2D eigenvalue weighted by Crippen LogP contribution is -2.34. The van der Waals surface area contributed by atoms with Crippen LogP contribution < -0.4 is 10.2 Å². The molecular formula is C16H27N3. The summed E-state index contributed by atoms with van der Waals surface area (Å²) in [5.74, 6) is 1.16. The molecule has 2 atom stereocenters. The van der Waals surface area contributed by atoms with Gasteiger partial charge in [0.1, 0.15) is 5.82 Å². The first-order valence-corrected chi connectivity index (χ1v) is 7.70. The van der Waals surface area contributed by atoms with Crippen LogP contribution in [0, 0.1) is 0 Å². The molecule has 1 saturated heterocycles. The van der Waals surface area contributed by atoms with E-state index in [4.69, 9.17) is 0 Å². The van der Waals surface area contributed by atoms with Gasteiger partial charge in [-0.3, -0.25) is 0 Å². The maximum Gasteiger partial charge on any atom is 0.129 e. The Bertz CT molecular complexity index is 391. The van der Waals surface area contributed by atoms with E-state index in [0.29, 0.717) is 12.1 Å². The Morgan fingerprint density at radius 2 is 2.21 bits per heavy atom. The van der Waals surface area contributed by atoms with Crippen molar-refractivity contribution < 1.29 is 0 Å². The summed E-state index contributed by atoms with van der Waals surface area (Å²) < 4.78 is 0. The summed E-state index contributed by atoms with van der Waals surface area (Å²) in [7, 11) is 0. The van der Waals surface area contributed by atoms with Gasteiger partial charge in [0.15, 0.2) is 0 Å². The van der Waals surface area contributed by atoms with Gasteiger partial charge in [0, 0.05) is 24.8 Å². The largest absolute Gasteiger partial charge is 0.351 e. The third kappa shape index (κ3) is 3.47. The van der Waals surface area contributed by atoms with Gasteiger partial charge in [-0.2, -0.15) is 0 Å². The number of nitrogens with one attached hydrogen (secondary N) is 1.